The van der Waals surface area contributed by atoms with Crippen LogP contribution in [0.3, 0.4) is 0 Å². The largest absolute Gasteiger partial charge is 0.472 e. The minimum atomic E-state index is -5.98. The van der Waals surface area contributed by atoms with Crippen molar-refractivity contribution in [3.05, 3.63) is 171 Å². The van der Waals surface area contributed by atoms with Crippen LogP contribution in [0.25, 0.3) is 11.2 Å². The average Bonchev–Trinajstić information content (AvgIpc) is 1.59. The third-order valence-electron chi connectivity index (χ3n) is 23.3. The van der Waals surface area contributed by atoms with Gasteiger partial charge in [0.15, 0.2) is 36.8 Å². The number of aromatic amines is 4. The average molecular weight is 2190 g/mol. The smallest absolute Gasteiger partial charge is 0.397 e. The van der Waals surface area contributed by atoms with Crippen LogP contribution >= 0.6 is 35.8 Å². The number of aromatic nitrogens is 13. The van der Waals surface area contributed by atoms with E-state index in [1.54, 1.807) is 6.92 Å². The van der Waals surface area contributed by atoms with Crippen LogP contribution in [0.4, 0.5) is 11.5 Å². The third-order valence-corrected chi connectivity index (χ3v) is 29.9. The van der Waals surface area contributed by atoms with Crippen LogP contribution in [0.2, 0.25) is 0 Å². The number of ether oxygens (including phenoxy) is 16. The zero-order valence-corrected chi connectivity index (χ0v) is 85.3. The monoisotopic (exact) mass is 2190 g/mol. The number of nitrogens with one attached hydrogen (secondary N) is 4. The Bertz CT molecular complexity index is 6430. The van der Waals surface area contributed by atoms with Crippen molar-refractivity contribution in [2.45, 2.75) is 196 Å². The van der Waals surface area contributed by atoms with Gasteiger partial charge in [-0.2, -0.15) is 4.98 Å². The number of hydrogen-bond acceptors (Lipinski definition) is 46. The first-order valence-corrected chi connectivity index (χ1v) is 54.7. The van der Waals surface area contributed by atoms with E-state index in [0.29, 0.717) is 5.52 Å². The van der Waals surface area contributed by atoms with Gasteiger partial charge in [-0.15, -0.1) is 0 Å². The van der Waals surface area contributed by atoms with Gasteiger partial charge in [-0.05, 0) is 82.5 Å². The number of phosphoric ester groups is 2. The molecule has 0 spiro atoms. The summed E-state index contributed by atoms with van der Waals surface area (Å²) in [6, 6.07) is 1.53. The number of hydrogen-bond donors (Lipinski definition) is 12. The van der Waals surface area contributed by atoms with Gasteiger partial charge in [-0.1, -0.05) is 6.92 Å². The molecule has 7 aromatic heterocycles. The summed E-state index contributed by atoms with van der Waals surface area (Å²) in [5.74, 6) is -0.260. The highest BCUT2D eigenvalue weighted by Crippen LogP contribution is 2.58. The fourth-order valence-electron chi connectivity index (χ4n) is 16.2. The van der Waals surface area contributed by atoms with Gasteiger partial charge in [0.1, 0.15) is 109 Å². The molecule has 6 saturated heterocycles. The molecule has 66 heteroatoms. The number of nitrogens with two attached hydrogens (primary N) is 2. The lowest BCUT2D eigenvalue weighted by Crippen LogP contribution is -2.42. The maximum absolute atomic E-state index is 15.4. The van der Waals surface area contributed by atoms with Gasteiger partial charge in [-0.25, -0.2) is 43.1 Å². The van der Waals surface area contributed by atoms with Crippen molar-refractivity contribution in [2.75, 3.05) is 146 Å². The summed E-state index contributed by atoms with van der Waals surface area (Å²) in [6.07, 6.45) is -29.2. The van der Waals surface area contributed by atoms with E-state index in [0.717, 1.165) is 47.6 Å². The first-order chi connectivity index (χ1) is 67.8. The molecule has 58 nitrogen and oxygen atoms in total. The van der Waals surface area contributed by atoms with E-state index < -0.39 is 274 Å². The predicted molar refractivity (Wildman–Crippen MR) is 500 cm³/mol. The summed E-state index contributed by atoms with van der Waals surface area (Å²) in [6.45, 7) is -13.4. The molecule has 14 N–H and O–H groups in total. The summed E-state index contributed by atoms with van der Waals surface area (Å²) >= 11 is 17.0. The molecular formula is C77H112N15O43P5S3. The highest BCUT2D eigenvalue weighted by Gasteiger charge is 2.59. The Hall–Kier alpha value is -7.05. The molecule has 13 heterocycles. The van der Waals surface area contributed by atoms with Crippen molar-refractivity contribution in [1.82, 2.24) is 62.3 Å². The third kappa shape index (κ3) is 27.6. The second kappa shape index (κ2) is 49.2. The van der Waals surface area contributed by atoms with Crippen LogP contribution in [-0.2, 0) is 166 Å². The number of nitrogen functional groups attached to an aromatic ring is 2. The molecule has 0 bridgehead atoms. The van der Waals surface area contributed by atoms with Crippen LogP contribution in [0.15, 0.2) is 92.7 Å². The van der Waals surface area contributed by atoms with Crippen LogP contribution in [0.5, 0.6) is 0 Å². The molecule has 6 aliphatic heterocycles. The van der Waals surface area contributed by atoms with E-state index >= 15 is 9.13 Å². The molecule has 0 amide bonds. The summed E-state index contributed by atoms with van der Waals surface area (Å²) < 4.78 is 192. The van der Waals surface area contributed by atoms with Gasteiger partial charge in [0, 0.05) is 107 Å². The molecule has 6 fully saturated rings. The molecule has 0 radical (unpaired) electrons. The first kappa shape index (κ1) is 113. The Morgan fingerprint density at radius 2 is 0.734 bits per heavy atom. The van der Waals surface area contributed by atoms with Crippen molar-refractivity contribution in [2.24, 2.45) is 0 Å². The summed E-state index contributed by atoms with van der Waals surface area (Å²) in [4.78, 5) is 203. The van der Waals surface area contributed by atoms with E-state index in [-0.39, 0.29) is 111 Å². The van der Waals surface area contributed by atoms with Crippen molar-refractivity contribution in [1.29, 1.82) is 0 Å². The number of aliphatic hydroxyl groups is 1. The van der Waals surface area contributed by atoms with E-state index in [1.165, 1.54) is 99.5 Å². The normalized spacial score (nSPS) is 29.4. The Balaban J connectivity index is 0.793. The van der Waals surface area contributed by atoms with Crippen LogP contribution in [0.1, 0.15) is 85.0 Å². The predicted octanol–water partition coefficient (Wildman–Crippen LogP) is -1.84. The fourth-order valence-corrected chi connectivity index (χ4v) is 22.5. The maximum Gasteiger partial charge on any atom is 0.472 e. The number of aryl methyl sites for hydroxylation is 5. The minimum absolute atomic E-state index is 0.0269. The van der Waals surface area contributed by atoms with Crippen molar-refractivity contribution in [3.8, 4) is 0 Å². The molecule has 0 aromatic carbocycles. The standard InChI is InChI=1S/C77H112N15O43P5S3/c1-12-43-44(25-50(125-43)87-27-38(3)64(94)83-74(87)99)131-138(107,141)123-34-48-54(59(117-22-17-112-9)70(129-48)89-28-39(4)65(95)84-75(89)100)133-136(103,104)120-32-46-53(58(116-21-16-111-8)69(127-46)88-26-37(2)62(79)82-73(88)98)132-137(105,106)121-33-47-55(60(118-23-18-113-10)71(128-47)90-29-40(5)66(96)85-76(90)101)134-140(109,143)124-35-49-56(61(119-24-19-114-11)72(130-49)91-30-41(6)67(97)86-77(91)102)135-139(108,142)122-31-45-52(93)57(115-20-15-110-7)68(126-45)92-36-81-51-42(78)13-14-80-63(51)92/h13-14,26-30,36,43-50,52-61,68-72,93H,12,15-25,31-35H2,1-11H3,(H2,78,80)(H,103,104)(H,105,106)(H,107,141)(H,108,142)(H,109,143)(H2,79,82,98)(H,83,94,99)(H,84,95,100)(H,85,96,101)(H,86,97,102)/t43-,44-,45-,46-,47-,48-,49-,50-,52+,53+,54+,55+,56+,57?,58?,59?,60?,61?,68-,69-,70-,71-,72-,138?,139?,140?/m1/s1. The lowest BCUT2D eigenvalue weighted by molar-refractivity contribution is -0.0853. The highest BCUT2D eigenvalue weighted by molar-refractivity contribution is 8.07. The van der Waals surface area contributed by atoms with E-state index in [9.17, 15) is 72.7 Å². The summed E-state index contributed by atoms with van der Waals surface area (Å²) in [5.41, 5.74) is 4.88. The Labute approximate surface area is 824 Å². The van der Waals surface area contributed by atoms with Gasteiger partial charge in [0.2, 0.25) is 0 Å². The SMILES string of the molecule is CC[C@H]1O[C@@H](n2cc(C)c(=O)[nH]c2=O)C[C@H]1OP(O)(=S)OC[C@H]1O[C@@H](n2cc(C)c(=O)[nH]c2=O)C(OCCOC)[C@H]1OP(=O)(O)OC[C@H]1O[C@@H](n2cc(C)c(N)nc2=O)C(OCCOC)[C@H]1OP(=O)(O)OC[C@H]1O[C@@H](n2cc(C)c(=O)[nH]c2=O)C(OCCOC)[C@H]1OP(O)(=S)OC[C@H]1O[C@@H](n2cc(C)c(=O)[nH]c2=O)C(OCCOC)[C@H]1OP(O)(=S)OC[C@H]1O[C@@H](n2cnc3c(N)ccnc32)C(OCCOC)[C@H]1O. The first-order valence-electron chi connectivity index (χ1n) is 43.9. The summed E-state index contributed by atoms with van der Waals surface area (Å²) in [5, 5.41) is 11.9. The van der Waals surface area contributed by atoms with Crippen molar-refractivity contribution >= 4 is 93.9 Å². The minimum Gasteiger partial charge on any atom is -0.397 e. The van der Waals surface area contributed by atoms with Crippen LogP contribution in [0, 0.1) is 34.6 Å². The molecule has 13 rings (SSSR count). The van der Waals surface area contributed by atoms with Crippen LogP contribution < -0.4 is 62.2 Å². The number of nitrogens with zero attached hydrogens (tertiary/aromatic N) is 9. The zero-order chi connectivity index (χ0) is 104. The van der Waals surface area contributed by atoms with Gasteiger partial charge < -0.3 is 135 Å². The molecular weight excluding hydrogens is 2070 g/mol. The van der Waals surface area contributed by atoms with E-state index in [2.05, 4.69) is 34.9 Å². The van der Waals surface area contributed by atoms with Crippen LogP contribution in [-0.4, -0.2) is 330 Å². The molecule has 0 aliphatic carbocycles. The Kier molecular flexibility index (Phi) is 38.9. The number of H-pyrrole nitrogens is 4. The number of imidazole rings is 1. The number of rotatable bonds is 52. The lowest BCUT2D eigenvalue weighted by atomic mass is 10.1. The Morgan fingerprint density at radius 1 is 0.406 bits per heavy atom. The molecule has 6 aliphatic rings. The lowest BCUT2D eigenvalue weighted by Gasteiger charge is -2.30. The molecule has 143 heavy (non-hydrogen) atoms. The number of anilines is 2. The van der Waals surface area contributed by atoms with Gasteiger partial charge in [0.05, 0.1) is 123 Å². The zero-order valence-electron chi connectivity index (χ0n) is 78.3. The van der Waals surface area contributed by atoms with E-state index in [4.69, 9.17) is 168 Å². The van der Waals surface area contributed by atoms with Crippen molar-refractivity contribution < 1.29 is 160 Å². The molecule has 7 aromatic rings. The highest BCUT2D eigenvalue weighted by atomic mass is 32.5. The second-order valence-corrected chi connectivity index (χ2v) is 44.3. The van der Waals surface area contributed by atoms with E-state index in [1.807, 2.05) is 0 Å². The van der Waals surface area contributed by atoms with Gasteiger partial charge in [-0.3, -0.25) is 93.7 Å². The topological polar surface area (TPSA) is 733 Å². The number of fused-ring (bicyclic) bond motifs is 1. The number of pyridine rings is 1. The maximum atomic E-state index is 15.4. The Morgan fingerprint density at radius 3 is 1.13 bits per heavy atom. The fraction of sp³-hybridized carbons (Fsp3) is 0.662. The molecule has 796 valence electrons. The number of aliphatic hydroxyl groups excluding tert-OH is 1. The summed E-state index contributed by atoms with van der Waals surface area (Å²) in [7, 11) is -5.21. The second-order valence-electron chi connectivity index (χ2n) is 33.1. The van der Waals surface area contributed by atoms with Crippen molar-refractivity contribution in [3.63, 3.8) is 0 Å². The molecule has 10 unspecified atom stereocenters. The molecule has 28 atom stereocenters. The molecule has 0 saturated carbocycles. The van der Waals surface area contributed by atoms with Gasteiger partial charge >= 0.3 is 64.2 Å². The van der Waals surface area contributed by atoms with Gasteiger partial charge in [0.25, 0.3) is 22.2 Å². The number of methoxy groups -OCH3 is 5. The quantitative estimate of drug-likeness (QED) is 0.0147. The number of phosphoric acid groups is 2.